The van der Waals surface area contributed by atoms with Crippen molar-refractivity contribution in [3.8, 4) is 0 Å². The lowest BCUT2D eigenvalue weighted by atomic mass is 9.67. The lowest BCUT2D eigenvalue weighted by Crippen LogP contribution is -2.44. The molecule has 7 heteroatoms. The maximum absolute atomic E-state index is 13.1. The molecule has 148 valence electrons. The standard InChI is InChI=1S/C20H29N3O3S/c24-19(20-10-3-2-7-16(20)14-21-15-20)22-17-8-6-9-18(13-17)27(25,26)23-11-4-1-5-12-23/h6,8-9,13,16,21H,1-5,7,10-12,14-15H2,(H,22,24)/t16-,20+/m0/s1. The van der Waals surface area contributed by atoms with E-state index in [-0.39, 0.29) is 16.2 Å². The number of sulfonamides is 1. The van der Waals surface area contributed by atoms with E-state index in [4.69, 9.17) is 0 Å². The lowest BCUT2D eigenvalue weighted by molar-refractivity contribution is -0.128. The van der Waals surface area contributed by atoms with Crippen molar-refractivity contribution in [1.82, 2.24) is 9.62 Å². The molecule has 0 aromatic heterocycles. The third-order valence-electron chi connectivity index (χ3n) is 6.54. The molecule has 2 saturated heterocycles. The monoisotopic (exact) mass is 391 g/mol. The summed E-state index contributed by atoms with van der Waals surface area (Å²) < 4.78 is 27.4. The number of nitrogens with zero attached hydrogens (tertiary/aromatic N) is 1. The third-order valence-corrected chi connectivity index (χ3v) is 8.43. The van der Waals surface area contributed by atoms with Crippen LogP contribution in [0.15, 0.2) is 29.2 Å². The van der Waals surface area contributed by atoms with E-state index in [1.165, 1.54) is 6.42 Å². The Kier molecular flexibility index (Phi) is 5.27. The number of fused-ring (bicyclic) bond motifs is 1. The molecule has 27 heavy (non-hydrogen) atoms. The first-order valence-electron chi connectivity index (χ1n) is 10.1. The number of hydrogen-bond acceptors (Lipinski definition) is 4. The smallest absolute Gasteiger partial charge is 0.243 e. The molecule has 3 fully saturated rings. The first-order chi connectivity index (χ1) is 13.0. The topological polar surface area (TPSA) is 78.5 Å². The minimum atomic E-state index is -3.49. The van der Waals surface area contributed by atoms with Crippen LogP contribution in [0.1, 0.15) is 44.9 Å². The Balaban J connectivity index is 1.53. The van der Waals surface area contributed by atoms with Gasteiger partial charge in [-0.15, -0.1) is 0 Å². The second-order valence-electron chi connectivity index (χ2n) is 8.18. The summed E-state index contributed by atoms with van der Waals surface area (Å²) in [5.74, 6) is 0.413. The van der Waals surface area contributed by atoms with Gasteiger partial charge in [-0.3, -0.25) is 4.79 Å². The van der Waals surface area contributed by atoms with E-state index in [1.54, 1.807) is 28.6 Å². The fourth-order valence-electron chi connectivity index (χ4n) is 4.93. The number of rotatable bonds is 4. The zero-order valence-corrected chi connectivity index (χ0v) is 16.6. The fraction of sp³-hybridized carbons (Fsp3) is 0.650. The van der Waals surface area contributed by atoms with Crippen molar-refractivity contribution in [3.05, 3.63) is 24.3 Å². The fourth-order valence-corrected chi connectivity index (χ4v) is 6.50. The number of hydrogen-bond donors (Lipinski definition) is 2. The van der Waals surface area contributed by atoms with Gasteiger partial charge in [-0.2, -0.15) is 4.31 Å². The molecule has 1 aliphatic carbocycles. The molecule has 2 atom stereocenters. The van der Waals surface area contributed by atoms with Crippen LogP contribution in [0, 0.1) is 11.3 Å². The number of carbonyl (C=O) groups is 1. The minimum Gasteiger partial charge on any atom is -0.326 e. The van der Waals surface area contributed by atoms with E-state index < -0.39 is 10.0 Å². The van der Waals surface area contributed by atoms with Crippen molar-refractivity contribution >= 4 is 21.6 Å². The number of piperidine rings is 1. The molecule has 1 aromatic carbocycles. The average molecular weight is 392 g/mol. The molecular formula is C20H29N3O3S. The normalized spacial score (nSPS) is 29.3. The molecule has 2 N–H and O–H groups in total. The summed E-state index contributed by atoms with van der Waals surface area (Å²) in [5.41, 5.74) is 0.226. The molecule has 1 saturated carbocycles. The van der Waals surface area contributed by atoms with Crippen LogP contribution in [-0.2, 0) is 14.8 Å². The van der Waals surface area contributed by atoms with Crippen molar-refractivity contribution in [2.45, 2.75) is 49.8 Å². The number of nitrogens with one attached hydrogen (secondary N) is 2. The molecule has 0 radical (unpaired) electrons. The molecule has 0 spiro atoms. The maximum atomic E-state index is 13.1. The Morgan fingerprint density at radius 2 is 1.96 bits per heavy atom. The van der Waals surface area contributed by atoms with Gasteiger partial charge in [-0.25, -0.2) is 8.42 Å². The van der Waals surface area contributed by atoms with Crippen LogP contribution in [-0.4, -0.2) is 44.8 Å². The second kappa shape index (κ2) is 7.53. The number of anilines is 1. The van der Waals surface area contributed by atoms with Gasteiger partial charge in [-0.1, -0.05) is 25.3 Å². The molecule has 2 heterocycles. The molecular weight excluding hydrogens is 362 g/mol. The summed E-state index contributed by atoms with van der Waals surface area (Å²) >= 11 is 0. The highest BCUT2D eigenvalue weighted by Crippen LogP contribution is 2.44. The van der Waals surface area contributed by atoms with Crippen molar-refractivity contribution in [2.75, 3.05) is 31.5 Å². The van der Waals surface area contributed by atoms with E-state index in [1.807, 2.05) is 0 Å². The molecule has 0 unspecified atom stereocenters. The third kappa shape index (κ3) is 3.52. The summed E-state index contributed by atoms with van der Waals surface area (Å²) in [6.45, 7) is 2.77. The van der Waals surface area contributed by atoms with Crippen LogP contribution >= 0.6 is 0 Å². The lowest BCUT2D eigenvalue weighted by Gasteiger charge is -2.37. The molecule has 4 rings (SSSR count). The summed E-state index contributed by atoms with van der Waals surface area (Å²) in [5, 5.41) is 6.41. The quantitative estimate of drug-likeness (QED) is 0.827. The maximum Gasteiger partial charge on any atom is 0.243 e. The SMILES string of the molecule is O=C(Nc1cccc(S(=O)(=O)N2CCCCC2)c1)[C@@]12CCCC[C@H]1CNC2. The van der Waals surface area contributed by atoms with Gasteiger partial charge in [0.15, 0.2) is 0 Å². The van der Waals surface area contributed by atoms with Crippen LogP contribution in [0.25, 0.3) is 0 Å². The Labute approximate surface area is 161 Å². The van der Waals surface area contributed by atoms with E-state index in [2.05, 4.69) is 10.6 Å². The number of benzene rings is 1. The zero-order chi connectivity index (χ0) is 18.9. The highest BCUT2D eigenvalue weighted by atomic mass is 32.2. The van der Waals surface area contributed by atoms with E-state index in [0.717, 1.165) is 51.6 Å². The van der Waals surface area contributed by atoms with E-state index >= 15 is 0 Å². The predicted octanol–water partition coefficient (Wildman–Crippen LogP) is 2.58. The molecule has 6 nitrogen and oxygen atoms in total. The van der Waals surface area contributed by atoms with Gasteiger partial charge >= 0.3 is 0 Å². The first kappa shape index (κ1) is 18.9. The van der Waals surface area contributed by atoms with Crippen LogP contribution in [0.4, 0.5) is 5.69 Å². The van der Waals surface area contributed by atoms with Gasteiger partial charge in [0, 0.05) is 25.3 Å². The van der Waals surface area contributed by atoms with E-state index in [0.29, 0.717) is 24.7 Å². The van der Waals surface area contributed by atoms with E-state index in [9.17, 15) is 13.2 Å². The molecule has 0 bridgehead atoms. The Hall–Kier alpha value is -1.44. The van der Waals surface area contributed by atoms with Gasteiger partial charge in [-0.05, 0) is 56.3 Å². The number of carbonyl (C=O) groups excluding carboxylic acids is 1. The highest BCUT2D eigenvalue weighted by Gasteiger charge is 2.49. The Bertz CT molecular complexity index is 804. The molecule has 1 amide bonds. The highest BCUT2D eigenvalue weighted by molar-refractivity contribution is 7.89. The predicted molar refractivity (Wildman–Crippen MR) is 105 cm³/mol. The van der Waals surface area contributed by atoms with Crippen LogP contribution < -0.4 is 10.6 Å². The van der Waals surface area contributed by atoms with Gasteiger partial charge in [0.2, 0.25) is 15.9 Å². The second-order valence-corrected chi connectivity index (χ2v) is 10.1. The van der Waals surface area contributed by atoms with Crippen molar-refractivity contribution in [2.24, 2.45) is 11.3 Å². The van der Waals surface area contributed by atoms with Crippen LogP contribution in [0.2, 0.25) is 0 Å². The first-order valence-corrected chi connectivity index (χ1v) is 11.6. The van der Waals surface area contributed by atoms with Crippen molar-refractivity contribution in [1.29, 1.82) is 0 Å². The zero-order valence-electron chi connectivity index (χ0n) is 15.7. The Morgan fingerprint density at radius 3 is 2.78 bits per heavy atom. The Morgan fingerprint density at radius 1 is 1.15 bits per heavy atom. The van der Waals surface area contributed by atoms with Gasteiger partial charge in [0.25, 0.3) is 0 Å². The molecule has 2 aliphatic heterocycles. The summed E-state index contributed by atoms with van der Waals surface area (Å²) in [6.07, 6.45) is 7.16. The largest absolute Gasteiger partial charge is 0.326 e. The van der Waals surface area contributed by atoms with Crippen LogP contribution in [0.3, 0.4) is 0 Å². The molecule has 1 aromatic rings. The summed E-state index contributed by atoms with van der Waals surface area (Å²) in [6, 6.07) is 6.73. The number of amides is 1. The van der Waals surface area contributed by atoms with Crippen LogP contribution in [0.5, 0.6) is 0 Å². The van der Waals surface area contributed by atoms with Crippen molar-refractivity contribution in [3.63, 3.8) is 0 Å². The summed E-state index contributed by atoms with van der Waals surface area (Å²) in [4.78, 5) is 13.4. The van der Waals surface area contributed by atoms with Gasteiger partial charge < -0.3 is 10.6 Å². The minimum absolute atomic E-state index is 0.0321. The molecule has 3 aliphatic rings. The summed E-state index contributed by atoms with van der Waals surface area (Å²) in [7, 11) is -3.49. The van der Waals surface area contributed by atoms with Gasteiger partial charge in [0.1, 0.15) is 0 Å². The van der Waals surface area contributed by atoms with Gasteiger partial charge in [0.05, 0.1) is 10.3 Å². The van der Waals surface area contributed by atoms with Crippen molar-refractivity contribution < 1.29 is 13.2 Å². The average Bonchev–Trinajstić information content (AvgIpc) is 3.14.